The summed E-state index contributed by atoms with van der Waals surface area (Å²) in [5.74, 6) is 0.628. The van der Waals surface area contributed by atoms with E-state index >= 15 is 0 Å². The molecule has 1 fully saturated rings. The van der Waals surface area contributed by atoms with Crippen LogP contribution in [0.15, 0.2) is 18.3 Å². The Labute approximate surface area is 88.8 Å². The number of pyridine rings is 1. The number of Topliss-reactive ketones (excluding diaryl/α,β-unsaturated/α-hetero) is 1. The Balaban J connectivity index is 2.21. The fourth-order valence-electron chi connectivity index (χ4n) is 2.07. The largest absolute Gasteiger partial charge is 0.300 e. The summed E-state index contributed by atoms with van der Waals surface area (Å²) in [6.07, 6.45) is 4.99. The van der Waals surface area contributed by atoms with Crippen LogP contribution in [0.5, 0.6) is 0 Å². The molecule has 1 atom stereocenters. The first-order valence-corrected chi connectivity index (χ1v) is 5.17. The lowest BCUT2D eigenvalue weighted by Gasteiger charge is -2.20. The van der Waals surface area contributed by atoms with E-state index in [4.69, 9.17) is 5.26 Å². The maximum Gasteiger partial charge on any atom is 0.140 e. The molecule has 0 aromatic carbocycles. The molecule has 3 heteroatoms. The number of nitriles is 1. The lowest BCUT2D eigenvalue weighted by Crippen LogP contribution is -2.13. The van der Waals surface area contributed by atoms with Gasteiger partial charge in [-0.2, -0.15) is 5.26 Å². The number of rotatable bonds is 1. The molecule has 15 heavy (non-hydrogen) atoms. The second-order valence-corrected chi connectivity index (χ2v) is 3.92. The summed E-state index contributed by atoms with van der Waals surface area (Å²) in [7, 11) is 0. The van der Waals surface area contributed by atoms with Crippen LogP contribution in [0.1, 0.15) is 42.9 Å². The van der Waals surface area contributed by atoms with Crippen LogP contribution in [-0.4, -0.2) is 10.8 Å². The standard InChI is InChI=1S/C12H12N2O/c13-8-11-6-10(4-5-14-11)9-2-1-3-12(15)7-9/h4-6,9H,1-3,7H2. The van der Waals surface area contributed by atoms with Gasteiger partial charge < -0.3 is 0 Å². The highest BCUT2D eigenvalue weighted by atomic mass is 16.1. The van der Waals surface area contributed by atoms with E-state index in [0.29, 0.717) is 30.2 Å². The molecule has 0 spiro atoms. The maximum atomic E-state index is 11.3. The summed E-state index contributed by atoms with van der Waals surface area (Å²) in [6.45, 7) is 0. The van der Waals surface area contributed by atoms with Gasteiger partial charge in [-0.1, -0.05) is 0 Å². The molecule has 0 saturated heterocycles. The van der Waals surface area contributed by atoms with Crippen molar-refractivity contribution < 1.29 is 4.79 Å². The van der Waals surface area contributed by atoms with E-state index in [1.165, 1.54) is 0 Å². The fourth-order valence-corrected chi connectivity index (χ4v) is 2.07. The molecule has 0 N–H and O–H groups in total. The molecule has 1 aliphatic carbocycles. The third-order valence-electron chi connectivity index (χ3n) is 2.85. The molecule has 2 rings (SSSR count). The van der Waals surface area contributed by atoms with Crippen LogP contribution in [0, 0.1) is 11.3 Å². The van der Waals surface area contributed by atoms with Crippen molar-refractivity contribution in [1.29, 1.82) is 5.26 Å². The Morgan fingerprint density at radius 3 is 3.13 bits per heavy atom. The van der Waals surface area contributed by atoms with Gasteiger partial charge in [-0.25, -0.2) is 4.98 Å². The lowest BCUT2D eigenvalue weighted by atomic mass is 9.83. The first-order chi connectivity index (χ1) is 7.29. The summed E-state index contributed by atoms with van der Waals surface area (Å²) in [5.41, 5.74) is 1.51. The van der Waals surface area contributed by atoms with Gasteiger partial charge in [0.15, 0.2) is 0 Å². The van der Waals surface area contributed by atoms with Gasteiger partial charge in [-0.05, 0) is 36.5 Å². The summed E-state index contributed by atoms with van der Waals surface area (Å²) < 4.78 is 0. The number of nitrogens with zero attached hydrogens (tertiary/aromatic N) is 2. The number of hydrogen-bond donors (Lipinski definition) is 0. The van der Waals surface area contributed by atoms with Crippen LogP contribution in [0.4, 0.5) is 0 Å². The lowest BCUT2D eigenvalue weighted by molar-refractivity contribution is -0.120. The van der Waals surface area contributed by atoms with Crippen molar-refractivity contribution in [3.63, 3.8) is 0 Å². The van der Waals surface area contributed by atoms with E-state index < -0.39 is 0 Å². The second kappa shape index (κ2) is 4.22. The molecule has 0 radical (unpaired) electrons. The topological polar surface area (TPSA) is 53.8 Å². The highest BCUT2D eigenvalue weighted by molar-refractivity contribution is 5.80. The second-order valence-electron chi connectivity index (χ2n) is 3.92. The van der Waals surface area contributed by atoms with E-state index in [1.54, 1.807) is 12.3 Å². The van der Waals surface area contributed by atoms with Crippen LogP contribution in [0.3, 0.4) is 0 Å². The summed E-state index contributed by atoms with van der Waals surface area (Å²) in [6, 6.07) is 5.72. The molecule has 0 aliphatic heterocycles. The molecule has 3 nitrogen and oxygen atoms in total. The third-order valence-corrected chi connectivity index (χ3v) is 2.85. The molecule has 1 heterocycles. The van der Waals surface area contributed by atoms with Crippen LogP contribution in [0.2, 0.25) is 0 Å². The van der Waals surface area contributed by atoms with Gasteiger partial charge in [0.25, 0.3) is 0 Å². The van der Waals surface area contributed by atoms with Gasteiger partial charge in [-0.15, -0.1) is 0 Å². The smallest absolute Gasteiger partial charge is 0.140 e. The van der Waals surface area contributed by atoms with Crippen LogP contribution in [0.25, 0.3) is 0 Å². The van der Waals surface area contributed by atoms with E-state index in [0.717, 1.165) is 18.4 Å². The maximum absolute atomic E-state index is 11.3. The highest BCUT2D eigenvalue weighted by Crippen LogP contribution is 2.30. The average Bonchev–Trinajstić information content (AvgIpc) is 2.29. The molecule has 0 amide bonds. The number of hydrogen-bond acceptors (Lipinski definition) is 3. The highest BCUT2D eigenvalue weighted by Gasteiger charge is 2.21. The van der Waals surface area contributed by atoms with Crippen molar-refractivity contribution in [2.45, 2.75) is 31.6 Å². The first kappa shape index (κ1) is 9.85. The molecule has 0 bridgehead atoms. The van der Waals surface area contributed by atoms with Gasteiger partial charge in [-0.3, -0.25) is 4.79 Å². The average molecular weight is 200 g/mol. The molecule has 1 saturated carbocycles. The minimum atomic E-state index is 0.293. The van der Waals surface area contributed by atoms with Crippen LogP contribution >= 0.6 is 0 Å². The Bertz CT molecular complexity index is 420. The quantitative estimate of drug-likeness (QED) is 0.698. The predicted octanol–water partition coefficient (Wildman–Crippen LogP) is 2.18. The van der Waals surface area contributed by atoms with Gasteiger partial charge in [0.2, 0.25) is 0 Å². The Kier molecular flexibility index (Phi) is 2.77. The van der Waals surface area contributed by atoms with E-state index in [-0.39, 0.29) is 0 Å². The molecular weight excluding hydrogens is 188 g/mol. The molecule has 1 aliphatic rings. The summed E-state index contributed by atoms with van der Waals surface area (Å²) in [5, 5.41) is 8.73. The van der Waals surface area contributed by atoms with Gasteiger partial charge >= 0.3 is 0 Å². The van der Waals surface area contributed by atoms with E-state index in [2.05, 4.69) is 4.98 Å². The van der Waals surface area contributed by atoms with Gasteiger partial charge in [0, 0.05) is 19.0 Å². The number of carbonyl (C=O) groups is 1. The van der Waals surface area contributed by atoms with Gasteiger partial charge in [0.1, 0.15) is 17.5 Å². The van der Waals surface area contributed by atoms with E-state index in [1.807, 2.05) is 12.1 Å². The minimum absolute atomic E-state index is 0.293. The van der Waals surface area contributed by atoms with Crippen molar-refractivity contribution in [2.24, 2.45) is 0 Å². The Hall–Kier alpha value is -1.69. The molecule has 76 valence electrons. The zero-order valence-corrected chi connectivity index (χ0v) is 8.44. The Morgan fingerprint density at radius 1 is 1.53 bits per heavy atom. The van der Waals surface area contributed by atoms with Crippen molar-refractivity contribution >= 4 is 5.78 Å². The number of aromatic nitrogens is 1. The monoisotopic (exact) mass is 200 g/mol. The first-order valence-electron chi connectivity index (χ1n) is 5.17. The van der Waals surface area contributed by atoms with Crippen molar-refractivity contribution in [3.8, 4) is 6.07 Å². The summed E-state index contributed by atoms with van der Waals surface area (Å²) in [4.78, 5) is 15.2. The number of carbonyl (C=O) groups excluding carboxylic acids is 1. The van der Waals surface area contributed by atoms with Crippen molar-refractivity contribution in [1.82, 2.24) is 4.98 Å². The van der Waals surface area contributed by atoms with Crippen molar-refractivity contribution in [2.75, 3.05) is 0 Å². The fraction of sp³-hybridized carbons (Fsp3) is 0.417. The minimum Gasteiger partial charge on any atom is -0.300 e. The number of ketones is 1. The SMILES string of the molecule is N#Cc1cc(C2CCCC(=O)C2)ccn1. The Morgan fingerprint density at radius 2 is 2.40 bits per heavy atom. The molecular formula is C12H12N2O. The zero-order chi connectivity index (χ0) is 10.7. The van der Waals surface area contributed by atoms with Crippen LogP contribution < -0.4 is 0 Å². The molecule has 1 aromatic heterocycles. The zero-order valence-electron chi connectivity index (χ0n) is 8.44. The summed E-state index contributed by atoms with van der Waals surface area (Å²) >= 11 is 0. The third kappa shape index (κ3) is 2.21. The normalized spacial score (nSPS) is 21.0. The predicted molar refractivity (Wildman–Crippen MR) is 55.2 cm³/mol. The van der Waals surface area contributed by atoms with E-state index in [9.17, 15) is 4.79 Å². The molecule has 1 unspecified atom stereocenters. The molecule has 1 aromatic rings. The van der Waals surface area contributed by atoms with Crippen LogP contribution in [-0.2, 0) is 4.79 Å². The van der Waals surface area contributed by atoms with Gasteiger partial charge in [0.05, 0.1) is 0 Å². The van der Waals surface area contributed by atoms with Crippen molar-refractivity contribution in [3.05, 3.63) is 29.6 Å².